The first kappa shape index (κ1) is 22.7. The number of hydrogen-bond acceptors (Lipinski definition) is 6. The summed E-state index contributed by atoms with van der Waals surface area (Å²) in [4.78, 5) is 34.8. The first-order valence-corrected chi connectivity index (χ1v) is 9.87. The molecule has 3 rings (SSSR count). The Morgan fingerprint density at radius 1 is 1.19 bits per heavy atom. The average Bonchev–Trinajstić information content (AvgIpc) is 3.22. The Hall–Kier alpha value is -3.98. The van der Waals surface area contributed by atoms with Gasteiger partial charge in [-0.05, 0) is 49.7 Å². The summed E-state index contributed by atoms with van der Waals surface area (Å²) in [6.07, 6.45) is 1.31. The molecule has 3 aromatic rings. The molecule has 2 aromatic carbocycles. The number of rotatable bonds is 7. The number of benzene rings is 2. The van der Waals surface area contributed by atoms with Gasteiger partial charge < -0.3 is 9.73 Å². The molecular formula is C22H19ClN4O5. The van der Waals surface area contributed by atoms with Gasteiger partial charge in [-0.1, -0.05) is 23.7 Å². The zero-order valence-corrected chi connectivity index (χ0v) is 17.9. The second kappa shape index (κ2) is 9.88. The maximum atomic E-state index is 12.2. The fourth-order valence-corrected chi connectivity index (χ4v) is 3.07. The number of non-ortho nitro benzene ring substituents is 1. The Bertz CT molecular complexity index is 1200. The van der Waals surface area contributed by atoms with Crippen molar-refractivity contribution in [2.45, 2.75) is 19.9 Å². The number of nitro benzene ring substituents is 1. The molecule has 9 nitrogen and oxygen atoms in total. The fraction of sp³-hybridized carbons (Fsp3) is 0.136. The lowest BCUT2D eigenvalue weighted by molar-refractivity contribution is -0.384. The highest BCUT2D eigenvalue weighted by molar-refractivity contribution is 6.33. The van der Waals surface area contributed by atoms with Crippen molar-refractivity contribution < 1.29 is 18.9 Å². The van der Waals surface area contributed by atoms with Crippen LogP contribution in [0.25, 0.3) is 11.3 Å². The molecule has 0 aliphatic rings. The minimum Gasteiger partial charge on any atom is -0.455 e. The number of carbonyl (C=O) groups is 2. The summed E-state index contributed by atoms with van der Waals surface area (Å²) in [6.45, 7) is 3.26. The molecule has 2 amide bonds. The summed E-state index contributed by atoms with van der Waals surface area (Å²) < 4.78 is 5.67. The van der Waals surface area contributed by atoms with Gasteiger partial charge in [0, 0.05) is 17.7 Å². The molecule has 0 unspecified atom stereocenters. The molecule has 1 heterocycles. The van der Waals surface area contributed by atoms with E-state index in [9.17, 15) is 19.7 Å². The maximum Gasteiger partial charge on any atom is 0.269 e. The molecule has 0 fully saturated rings. The highest BCUT2D eigenvalue weighted by Gasteiger charge is 2.18. The van der Waals surface area contributed by atoms with Crippen LogP contribution in [0.5, 0.6) is 0 Å². The van der Waals surface area contributed by atoms with E-state index in [2.05, 4.69) is 15.8 Å². The van der Waals surface area contributed by atoms with Crippen LogP contribution < -0.4 is 10.7 Å². The third-order valence-corrected chi connectivity index (χ3v) is 4.87. The van der Waals surface area contributed by atoms with E-state index in [0.717, 1.165) is 0 Å². The Labute approximate surface area is 188 Å². The molecule has 10 heteroatoms. The van der Waals surface area contributed by atoms with Gasteiger partial charge in [0.1, 0.15) is 17.6 Å². The average molecular weight is 455 g/mol. The third kappa shape index (κ3) is 5.38. The van der Waals surface area contributed by atoms with Gasteiger partial charge in [0.15, 0.2) is 0 Å². The van der Waals surface area contributed by atoms with E-state index in [1.165, 1.54) is 25.3 Å². The summed E-state index contributed by atoms with van der Waals surface area (Å²) in [5.74, 6) is -0.132. The molecular weight excluding hydrogens is 436 g/mol. The van der Waals surface area contributed by atoms with Crippen molar-refractivity contribution in [2.75, 3.05) is 0 Å². The monoisotopic (exact) mass is 454 g/mol. The molecule has 0 bridgehead atoms. The number of carbonyl (C=O) groups excluding carboxylic acids is 2. The largest absolute Gasteiger partial charge is 0.455 e. The first-order valence-electron chi connectivity index (χ1n) is 9.50. The van der Waals surface area contributed by atoms with Crippen LogP contribution in [0.1, 0.15) is 28.6 Å². The number of amides is 2. The van der Waals surface area contributed by atoms with Crippen molar-refractivity contribution >= 4 is 35.3 Å². The van der Waals surface area contributed by atoms with Crippen LogP contribution in [-0.2, 0) is 4.79 Å². The second-order valence-corrected chi connectivity index (χ2v) is 7.27. The van der Waals surface area contributed by atoms with E-state index in [4.69, 9.17) is 16.0 Å². The maximum absolute atomic E-state index is 12.2. The molecule has 1 aromatic heterocycles. The quantitative estimate of drug-likeness (QED) is 0.316. The van der Waals surface area contributed by atoms with Gasteiger partial charge in [-0.15, -0.1) is 0 Å². The standard InChI is InChI=1S/C22H19ClN4O5/c1-13-11-15(27(30)31)7-9-17(13)20-10-8-16(32-20)12-24-26-21(28)14(2)25-22(29)18-5-3-4-6-19(18)23/h3-12,14H,1-2H3,(H,25,29)(H,26,28)/b24-12-/t14-/m1/s1. The number of nitrogens with one attached hydrogen (secondary N) is 2. The van der Waals surface area contributed by atoms with Crippen LogP contribution in [0.3, 0.4) is 0 Å². The lowest BCUT2D eigenvalue weighted by Gasteiger charge is -2.12. The van der Waals surface area contributed by atoms with Crippen molar-refractivity contribution in [3.8, 4) is 11.3 Å². The van der Waals surface area contributed by atoms with Crippen molar-refractivity contribution in [1.29, 1.82) is 0 Å². The van der Waals surface area contributed by atoms with Crippen LogP contribution in [-0.4, -0.2) is 29.0 Å². The predicted molar refractivity (Wildman–Crippen MR) is 120 cm³/mol. The molecule has 0 aliphatic heterocycles. The molecule has 1 atom stereocenters. The number of aryl methyl sites for hydroxylation is 1. The van der Waals surface area contributed by atoms with Crippen LogP contribution in [0.4, 0.5) is 5.69 Å². The molecule has 0 aliphatic carbocycles. The number of hydrazone groups is 1. The molecule has 164 valence electrons. The highest BCUT2D eigenvalue weighted by Crippen LogP contribution is 2.28. The van der Waals surface area contributed by atoms with E-state index >= 15 is 0 Å². The Kier molecular flexibility index (Phi) is 7.01. The predicted octanol–water partition coefficient (Wildman–Crippen LogP) is 4.09. The topological polar surface area (TPSA) is 127 Å². The lowest BCUT2D eigenvalue weighted by atomic mass is 10.1. The summed E-state index contributed by atoms with van der Waals surface area (Å²) in [6, 6.07) is 13.5. The molecule has 0 spiro atoms. The summed E-state index contributed by atoms with van der Waals surface area (Å²) in [5.41, 5.74) is 3.99. The molecule has 32 heavy (non-hydrogen) atoms. The Balaban J connectivity index is 1.59. The molecule has 0 saturated carbocycles. The van der Waals surface area contributed by atoms with Gasteiger partial charge >= 0.3 is 0 Å². The van der Waals surface area contributed by atoms with Crippen LogP contribution >= 0.6 is 11.6 Å². The smallest absolute Gasteiger partial charge is 0.269 e. The van der Waals surface area contributed by atoms with E-state index in [1.54, 1.807) is 49.4 Å². The second-order valence-electron chi connectivity index (χ2n) is 6.87. The van der Waals surface area contributed by atoms with Gasteiger partial charge in [0.05, 0.1) is 21.7 Å². The number of nitro groups is 1. The fourth-order valence-electron chi connectivity index (χ4n) is 2.85. The third-order valence-electron chi connectivity index (χ3n) is 4.54. The number of furan rings is 1. The van der Waals surface area contributed by atoms with Crippen molar-refractivity contribution in [3.63, 3.8) is 0 Å². The van der Waals surface area contributed by atoms with Crippen molar-refractivity contribution in [3.05, 3.63) is 86.6 Å². The zero-order valence-electron chi connectivity index (χ0n) is 17.2. The van der Waals surface area contributed by atoms with Crippen LogP contribution in [0, 0.1) is 17.0 Å². The highest BCUT2D eigenvalue weighted by atomic mass is 35.5. The van der Waals surface area contributed by atoms with Gasteiger partial charge in [-0.25, -0.2) is 5.43 Å². The van der Waals surface area contributed by atoms with Crippen LogP contribution in [0.2, 0.25) is 5.02 Å². The Morgan fingerprint density at radius 2 is 1.94 bits per heavy atom. The molecule has 2 N–H and O–H groups in total. The minimum absolute atomic E-state index is 0.00180. The number of hydrogen-bond donors (Lipinski definition) is 2. The Morgan fingerprint density at radius 3 is 2.62 bits per heavy atom. The van der Waals surface area contributed by atoms with Gasteiger partial charge in [0.25, 0.3) is 17.5 Å². The van der Waals surface area contributed by atoms with Crippen molar-refractivity contribution in [2.24, 2.45) is 5.10 Å². The van der Waals surface area contributed by atoms with Crippen LogP contribution in [0.15, 0.2) is 64.1 Å². The van der Waals surface area contributed by atoms with Gasteiger partial charge in [0.2, 0.25) is 0 Å². The molecule has 0 radical (unpaired) electrons. The summed E-state index contributed by atoms with van der Waals surface area (Å²) in [5, 5.41) is 17.5. The van der Waals surface area contributed by atoms with E-state index in [-0.39, 0.29) is 16.3 Å². The van der Waals surface area contributed by atoms with Crippen molar-refractivity contribution in [1.82, 2.24) is 10.7 Å². The number of halogens is 1. The molecule has 0 saturated heterocycles. The minimum atomic E-state index is -0.856. The van der Waals surface area contributed by atoms with Gasteiger partial charge in [-0.3, -0.25) is 19.7 Å². The first-order chi connectivity index (χ1) is 15.3. The zero-order chi connectivity index (χ0) is 23.3. The summed E-state index contributed by atoms with van der Waals surface area (Å²) in [7, 11) is 0. The number of nitrogens with zero attached hydrogens (tertiary/aromatic N) is 2. The summed E-state index contributed by atoms with van der Waals surface area (Å²) >= 11 is 5.99. The SMILES string of the molecule is Cc1cc([N+](=O)[O-])ccc1-c1ccc(/C=N\NC(=O)[C@@H](C)NC(=O)c2ccccc2Cl)o1. The van der Waals surface area contributed by atoms with E-state index in [0.29, 0.717) is 22.6 Å². The van der Waals surface area contributed by atoms with E-state index < -0.39 is 22.8 Å². The normalized spacial score (nSPS) is 11.8. The van der Waals surface area contributed by atoms with E-state index in [1.807, 2.05) is 0 Å². The lowest BCUT2D eigenvalue weighted by Crippen LogP contribution is -2.43. The van der Waals surface area contributed by atoms with Gasteiger partial charge in [-0.2, -0.15) is 5.10 Å².